The predicted octanol–water partition coefficient (Wildman–Crippen LogP) is 1.99. The molecule has 1 aromatic heterocycles. The quantitative estimate of drug-likeness (QED) is 0.474. The summed E-state index contributed by atoms with van der Waals surface area (Å²) in [6.07, 6.45) is 1.24. The van der Waals surface area contributed by atoms with Crippen molar-refractivity contribution >= 4 is 28.8 Å². The molecule has 0 aliphatic rings. The normalized spacial score (nSPS) is 12.8. The fraction of sp³-hybridized carbons (Fsp3) is 0.545. The molecule has 0 saturated carbocycles. The fourth-order valence-corrected chi connectivity index (χ4v) is 2.62. The number of carbonyl (C=O) groups is 1. The number of halogens is 1. The Balaban J connectivity index is 2.36. The molecular weight excluding hydrogens is 258 g/mol. The molecule has 1 atom stereocenters. The van der Waals surface area contributed by atoms with Crippen LogP contribution in [0.5, 0.6) is 0 Å². The maximum Gasteiger partial charge on any atom is 0.233 e. The van der Waals surface area contributed by atoms with Crippen LogP contribution in [0.25, 0.3) is 0 Å². The van der Waals surface area contributed by atoms with E-state index in [1.54, 1.807) is 11.3 Å². The van der Waals surface area contributed by atoms with Gasteiger partial charge in [0.25, 0.3) is 0 Å². The zero-order valence-corrected chi connectivity index (χ0v) is 11.6. The van der Waals surface area contributed by atoms with E-state index in [-0.39, 0.29) is 5.91 Å². The zero-order valence-electron chi connectivity index (χ0n) is 10.1. The molecule has 0 spiro atoms. The Morgan fingerprint density at radius 2 is 2.35 bits per heavy atom. The van der Waals surface area contributed by atoms with Crippen LogP contribution in [-0.2, 0) is 11.3 Å². The summed E-state index contributed by atoms with van der Waals surface area (Å²) in [5, 5.41) is 0. The molecule has 0 fully saturated rings. The minimum atomic E-state index is -0.121. The SMILES string of the molecule is CC(CCC(=O)NN)N(C)Cc1ccc(Cl)s1. The third-order valence-corrected chi connectivity index (χ3v) is 3.95. The molecule has 1 rings (SSSR count). The minimum Gasteiger partial charge on any atom is -0.299 e. The largest absolute Gasteiger partial charge is 0.299 e. The maximum absolute atomic E-state index is 11.0. The van der Waals surface area contributed by atoms with Gasteiger partial charge in [0.2, 0.25) is 5.91 Å². The molecular formula is C11H18ClN3OS. The van der Waals surface area contributed by atoms with E-state index >= 15 is 0 Å². The molecule has 1 heterocycles. The lowest BCUT2D eigenvalue weighted by Gasteiger charge is -2.23. The van der Waals surface area contributed by atoms with Crippen LogP contribution in [0.4, 0.5) is 0 Å². The molecule has 4 nitrogen and oxygen atoms in total. The lowest BCUT2D eigenvalue weighted by atomic mass is 10.1. The van der Waals surface area contributed by atoms with Gasteiger partial charge in [0.1, 0.15) is 0 Å². The Labute approximate surface area is 111 Å². The summed E-state index contributed by atoms with van der Waals surface area (Å²) in [5.74, 6) is 4.91. The predicted molar refractivity (Wildman–Crippen MR) is 71.8 cm³/mol. The number of nitrogens with zero attached hydrogens (tertiary/aromatic N) is 1. The van der Waals surface area contributed by atoms with Crippen molar-refractivity contribution in [3.05, 3.63) is 21.3 Å². The van der Waals surface area contributed by atoms with Gasteiger partial charge in [0, 0.05) is 23.9 Å². The fourth-order valence-electron chi connectivity index (χ4n) is 1.47. The van der Waals surface area contributed by atoms with Crippen LogP contribution in [0.2, 0.25) is 4.34 Å². The number of nitrogens with two attached hydrogens (primary N) is 1. The third-order valence-electron chi connectivity index (χ3n) is 2.74. The number of nitrogens with one attached hydrogen (secondary N) is 1. The lowest BCUT2D eigenvalue weighted by Crippen LogP contribution is -2.33. The van der Waals surface area contributed by atoms with E-state index < -0.39 is 0 Å². The van der Waals surface area contributed by atoms with E-state index in [1.807, 2.05) is 19.2 Å². The monoisotopic (exact) mass is 275 g/mol. The number of carbonyl (C=O) groups excluding carboxylic acids is 1. The molecule has 96 valence electrons. The van der Waals surface area contributed by atoms with Crippen LogP contribution in [0.1, 0.15) is 24.6 Å². The van der Waals surface area contributed by atoms with Gasteiger partial charge in [0.05, 0.1) is 4.34 Å². The Morgan fingerprint density at radius 3 is 2.88 bits per heavy atom. The highest BCUT2D eigenvalue weighted by atomic mass is 35.5. The smallest absolute Gasteiger partial charge is 0.233 e. The Bertz CT molecular complexity index is 369. The highest BCUT2D eigenvalue weighted by molar-refractivity contribution is 7.16. The Kier molecular flexibility index (Phi) is 5.91. The van der Waals surface area contributed by atoms with E-state index in [2.05, 4.69) is 17.2 Å². The van der Waals surface area contributed by atoms with Crippen molar-refractivity contribution in [1.29, 1.82) is 0 Å². The molecule has 0 bridgehead atoms. The van der Waals surface area contributed by atoms with Crippen molar-refractivity contribution in [3.8, 4) is 0 Å². The van der Waals surface area contributed by atoms with Crippen LogP contribution in [-0.4, -0.2) is 23.9 Å². The first-order valence-electron chi connectivity index (χ1n) is 5.47. The van der Waals surface area contributed by atoms with Crippen LogP contribution < -0.4 is 11.3 Å². The van der Waals surface area contributed by atoms with Crippen LogP contribution >= 0.6 is 22.9 Å². The topological polar surface area (TPSA) is 58.4 Å². The number of hydrazine groups is 1. The molecule has 0 radical (unpaired) electrons. The Morgan fingerprint density at radius 1 is 1.65 bits per heavy atom. The van der Waals surface area contributed by atoms with Gasteiger partial charge in [-0.25, -0.2) is 5.84 Å². The first-order chi connectivity index (χ1) is 8.02. The molecule has 17 heavy (non-hydrogen) atoms. The van der Waals surface area contributed by atoms with E-state index in [9.17, 15) is 4.79 Å². The first-order valence-corrected chi connectivity index (χ1v) is 6.66. The van der Waals surface area contributed by atoms with Gasteiger partial charge in [-0.05, 0) is 32.5 Å². The Hall–Kier alpha value is -0.620. The minimum absolute atomic E-state index is 0.121. The second-order valence-electron chi connectivity index (χ2n) is 4.08. The molecule has 6 heteroatoms. The van der Waals surface area contributed by atoms with E-state index in [4.69, 9.17) is 17.4 Å². The standard InChI is InChI=1S/C11H18ClN3OS/c1-8(3-6-11(16)14-13)15(2)7-9-4-5-10(12)17-9/h4-5,8H,3,6-7,13H2,1-2H3,(H,14,16). The van der Waals surface area contributed by atoms with Crippen molar-refractivity contribution in [2.45, 2.75) is 32.4 Å². The molecule has 0 aliphatic carbocycles. The van der Waals surface area contributed by atoms with Crippen LogP contribution in [0.3, 0.4) is 0 Å². The van der Waals surface area contributed by atoms with Crippen molar-refractivity contribution in [1.82, 2.24) is 10.3 Å². The van der Waals surface area contributed by atoms with E-state index in [0.29, 0.717) is 12.5 Å². The molecule has 0 aromatic carbocycles. The summed E-state index contributed by atoms with van der Waals surface area (Å²) in [6, 6.07) is 4.26. The number of hydrogen-bond acceptors (Lipinski definition) is 4. The summed E-state index contributed by atoms with van der Waals surface area (Å²) in [7, 11) is 2.04. The van der Waals surface area contributed by atoms with Gasteiger partial charge in [-0.1, -0.05) is 11.6 Å². The van der Waals surface area contributed by atoms with Gasteiger partial charge in [-0.15, -0.1) is 11.3 Å². The first kappa shape index (κ1) is 14.4. The summed E-state index contributed by atoms with van der Waals surface area (Å²) in [4.78, 5) is 14.5. The number of rotatable bonds is 6. The highest BCUT2D eigenvalue weighted by Gasteiger charge is 2.12. The van der Waals surface area contributed by atoms with Gasteiger partial charge >= 0.3 is 0 Å². The lowest BCUT2D eigenvalue weighted by molar-refractivity contribution is -0.121. The van der Waals surface area contributed by atoms with Gasteiger partial charge < -0.3 is 0 Å². The zero-order chi connectivity index (χ0) is 12.8. The number of amides is 1. The van der Waals surface area contributed by atoms with Gasteiger partial charge in [0.15, 0.2) is 0 Å². The molecule has 0 aliphatic heterocycles. The van der Waals surface area contributed by atoms with E-state index in [0.717, 1.165) is 17.3 Å². The summed E-state index contributed by atoms with van der Waals surface area (Å²) in [5.41, 5.74) is 2.14. The maximum atomic E-state index is 11.0. The second-order valence-corrected chi connectivity index (χ2v) is 5.88. The highest BCUT2D eigenvalue weighted by Crippen LogP contribution is 2.23. The summed E-state index contributed by atoms with van der Waals surface area (Å²) >= 11 is 7.46. The van der Waals surface area contributed by atoms with Crippen LogP contribution in [0, 0.1) is 0 Å². The average Bonchev–Trinajstić information content (AvgIpc) is 2.70. The molecule has 1 aromatic rings. The van der Waals surface area contributed by atoms with E-state index in [1.165, 1.54) is 4.88 Å². The van der Waals surface area contributed by atoms with Crippen LogP contribution in [0.15, 0.2) is 12.1 Å². The summed E-state index contributed by atoms with van der Waals surface area (Å²) in [6.45, 7) is 2.95. The van der Waals surface area contributed by atoms with Gasteiger partial charge in [-0.2, -0.15) is 0 Å². The molecule has 3 N–H and O–H groups in total. The van der Waals surface area contributed by atoms with Crippen molar-refractivity contribution in [3.63, 3.8) is 0 Å². The molecule has 1 unspecified atom stereocenters. The van der Waals surface area contributed by atoms with Crippen molar-refractivity contribution in [2.75, 3.05) is 7.05 Å². The van der Waals surface area contributed by atoms with Crippen molar-refractivity contribution in [2.24, 2.45) is 5.84 Å². The number of thiophene rings is 1. The molecule has 0 saturated heterocycles. The molecule has 1 amide bonds. The number of hydrogen-bond donors (Lipinski definition) is 2. The van der Waals surface area contributed by atoms with Crippen molar-refractivity contribution < 1.29 is 4.79 Å². The third kappa shape index (κ3) is 5.04. The second kappa shape index (κ2) is 6.96. The average molecular weight is 276 g/mol. The van der Waals surface area contributed by atoms with Gasteiger partial charge in [-0.3, -0.25) is 15.1 Å². The summed E-state index contributed by atoms with van der Waals surface area (Å²) < 4.78 is 0.809.